The van der Waals surface area contributed by atoms with E-state index in [0.29, 0.717) is 49.3 Å². The number of thiophene rings is 1. The maximum absolute atomic E-state index is 13.2. The first-order chi connectivity index (χ1) is 20.0. The van der Waals surface area contributed by atoms with E-state index >= 15 is 0 Å². The number of carbonyl (C=O) groups excluding carboxylic acids is 1. The lowest BCUT2D eigenvalue weighted by Crippen LogP contribution is -2.20. The Hall–Kier alpha value is -4.22. The van der Waals surface area contributed by atoms with Gasteiger partial charge in [0, 0.05) is 58.5 Å². The number of methoxy groups -OCH3 is 1. The standard InChI is InChI=1S/C31H33N5O4S/c1-36-25-8-4-3-6-21(25)16-26(36)31(38)35-24-10-9-20(17-27(24)39-2)23-19-41-29-22(18-34-30(32)28(23)29)7-5-11-33-12-14-40-15-13-37/h3-10,16-19,33,37H,11-15H2,1-2H3,(H2,32,34)(H,35,38). The number of aliphatic hydroxyl groups is 1. The SMILES string of the molecule is COc1cc(-c2csc3c(C=CCNCCOCCO)cnc(N)c23)ccc1NC(=O)c1cc2ccccc2n1C. The van der Waals surface area contributed by atoms with E-state index in [1.165, 1.54) is 0 Å². The molecule has 0 aliphatic rings. The van der Waals surface area contributed by atoms with Crippen LogP contribution in [0.1, 0.15) is 16.1 Å². The van der Waals surface area contributed by atoms with E-state index in [1.54, 1.807) is 24.6 Å². The Morgan fingerprint density at radius 2 is 2.05 bits per heavy atom. The van der Waals surface area contributed by atoms with E-state index in [1.807, 2.05) is 72.3 Å². The molecule has 0 saturated heterocycles. The number of nitrogen functional groups attached to an aromatic ring is 1. The van der Waals surface area contributed by atoms with Crippen molar-refractivity contribution in [3.05, 3.63) is 77.4 Å². The molecule has 1 amide bonds. The summed E-state index contributed by atoms with van der Waals surface area (Å²) in [6.45, 7) is 2.30. The van der Waals surface area contributed by atoms with Crippen LogP contribution in [0.2, 0.25) is 0 Å². The summed E-state index contributed by atoms with van der Waals surface area (Å²) in [6.07, 6.45) is 5.85. The zero-order valence-electron chi connectivity index (χ0n) is 23.0. The highest BCUT2D eigenvalue weighted by Crippen LogP contribution is 2.41. The fourth-order valence-electron chi connectivity index (χ4n) is 4.76. The van der Waals surface area contributed by atoms with Crippen molar-refractivity contribution in [2.75, 3.05) is 51.1 Å². The highest BCUT2D eigenvalue weighted by molar-refractivity contribution is 7.18. The monoisotopic (exact) mass is 571 g/mol. The van der Waals surface area contributed by atoms with E-state index in [-0.39, 0.29) is 12.5 Å². The molecule has 2 aromatic carbocycles. The number of pyridine rings is 1. The molecule has 9 nitrogen and oxygen atoms in total. The van der Waals surface area contributed by atoms with Crippen molar-refractivity contribution >= 4 is 55.8 Å². The van der Waals surface area contributed by atoms with Crippen LogP contribution in [-0.2, 0) is 11.8 Å². The van der Waals surface area contributed by atoms with E-state index in [9.17, 15) is 4.79 Å². The van der Waals surface area contributed by atoms with Gasteiger partial charge in [0.2, 0.25) is 0 Å². The summed E-state index contributed by atoms with van der Waals surface area (Å²) >= 11 is 1.61. The van der Waals surface area contributed by atoms with Gasteiger partial charge in [-0.1, -0.05) is 36.4 Å². The van der Waals surface area contributed by atoms with Crippen LogP contribution in [0.15, 0.2) is 66.2 Å². The molecule has 0 spiro atoms. The number of amides is 1. The van der Waals surface area contributed by atoms with Gasteiger partial charge < -0.3 is 35.5 Å². The topological polar surface area (TPSA) is 124 Å². The number of ether oxygens (including phenoxy) is 2. The number of benzene rings is 2. The molecule has 0 aliphatic heterocycles. The van der Waals surface area contributed by atoms with Crippen LogP contribution < -0.4 is 21.1 Å². The van der Waals surface area contributed by atoms with Gasteiger partial charge >= 0.3 is 0 Å². The van der Waals surface area contributed by atoms with E-state index in [4.69, 9.17) is 20.3 Å². The Kier molecular flexibility index (Phi) is 8.95. The van der Waals surface area contributed by atoms with Crippen LogP contribution in [0.5, 0.6) is 5.75 Å². The van der Waals surface area contributed by atoms with Crippen molar-refractivity contribution in [2.45, 2.75) is 0 Å². The number of rotatable bonds is 12. The fraction of sp³-hybridized carbons (Fsp3) is 0.226. The number of aryl methyl sites for hydroxylation is 1. The number of hydrogen-bond acceptors (Lipinski definition) is 8. The number of anilines is 2. The minimum Gasteiger partial charge on any atom is -0.495 e. The molecular formula is C31H33N5O4S. The number of carbonyl (C=O) groups is 1. The first kappa shape index (κ1) is 28.3. The summed E-state index contributed by atoms with van der Waals surface area (Å²) in [5, 5.41) is 19.0. The Morgan fingerprint density at radius 3 is 2.85 bits per heavy atom. The molecular weight excluding hydrogens is 538 g/mol. The molecule has 10 heteroatoms. The molecule has 5 rings (SSSR count). The lowest BCUT2D eigenvalue weighted by atomic mass is 10.0. The quantitative estimate of drug-likeness (QED) is 0.157. The largest absolute Gasteiger partial charge is 0.495 e. The third-order valence-electron chi connectivity index (χ3n) is 6.82. The molecule has 0 radical (unpaired) electrons. The van der Waals surface area contributed by atoms with Crippen molar-refractivity contribution in [2.24, 2.45) is 7.05 Å². The molecule has 212 valence electrons. The predicted molar refractivity (Wildman–Crippen MR) is 167 cm³/mol. The van der Waals surface area contributed by atoms with Gasteiger partial charge in [0.1, 0.15) is 17.3 Å². The van der Waals surface area contributed by atoms with Crippen molar-refractivity contribution in [1.29, 1.82) is 0 Å². The van der Waals surface area contributed by atoms with Crippen LogP contribution in [0.3, 0.4) is 0 Å². The molecule has 0 unspecified atom stereocenters. The van der Waals surface area contributed by atoms with Crippen LogP contribution in [-0.4, -0.2) is 60.6 Å². The maximum atomic E-state index is 13.2. The van der Waals surface area contributed by atoms with E-state index < -0.39 is 0 Å². The number of nitrogens with zero attached hydrogens (tertiary/aromatic N) is 2. The smallest absolute Gasteiger partial charge is 0.272 e. The van der Waals surface area contributed by atoms with Crippen LogP contribution in [0, 0.1) is 0 Å². The number of aromatic nitrogens is 2. The van der Waals surface area contributed by atoms with Crippen LogP contribution >= 0.6 is 11.3 Å². The highest BCUT2D eigenvalue weighted by Gasteiger charge is 2.18. The van der Waals surface area contributed by atoms with Crippen molar-refractivity contribution in [3.8, 4) is 16.9 Å². The minimum atomic E-state index is -0.215. The average Bonchev–Trinajstić information content (AvgIpc) is 3.58. The molecule has 5 aromatic rings. The van der Waals surface area contributed by atoms with Gasteiger partial charge in [0.15, 0.2) is 0 Å². The van der Waals surface area contributed by atoms with Gasteiger partial charge in [-0.05, 0) is 35.2 Å². The number of hydrogen-bond donors (Lipinski definition) is 4. The number of fused-ring (bicyclic) bond motifs is 2. The molecule has 41 heavy (non-hydrogen) atoms. The summed E-state index contributed by atoms with van der Waals surface area (Å²) < 4.78 is 13.9. The second kappa shape index (κ2) is 13.0. The summed E-state index contributed by atoms with van der Waals surface area (Å²) in [5.74, 6) is 0.790. The Labute approximate surface area is 242 Å². The number of aliphatic hydroxyl groups excluding tert-OH is 1. The minimum absolute atomic E-state index is 0.0300. The lowest BCUT2D eigenvalue weighted by Gasteiger charge is -2.13. The third kappa shape index (κ3) is 6.10. The molecule has 0 fully saturated rings. The zero-order valence-corrected chi connectivity index (χ0v) is 23.8. The summed E-state index contributed by atoms with van der Waals surface area (Å²) in [5.41, 5.74) is 11.3. The van der Waals surface area contributed by atoms with E-state index in [2.05, 4.69) is 21.0 Å². The number of nitrogens with one attached hydrogen (secondary N) is 2. The predicted octanol–water partition coefficient (Wildman–Crippen LogP) is 4.91. The first-order valence-electron chi connectivity index (χ1n) is 13.3. The van der Waals surface area contributed by atoms with E-state index in [0.717, 1.165) is 37.7 Å². The normalized spacial score (nSPS) is 11.6. The van der Waals surface area contributed by atoms with Crippen molar-refractivity contribution in [3.63, 3.8) is 0 Å². The second-order valence-electron chi connectivity index (χ2n) is 9.41. The fourth-order valence-corrected chi connectivity index (χ4v) is 5.83. The highest BCUT2D eigenvalue weighted by atomic mass is 32.1. The molecule has 5 N–H and O–H groups in total. The molecule has 0 aliphatic carbocycles. The zero-order chi connectivity index (χ0) is 28.8. The molecule has 0 bridgehead atoms. The number of para-hydroxylation sites is 1. The second-order valence-corrected chi connectivity index (χ2v) is 10.3. The first-order valence-corrected chi connectivity index (χ1v) is 14.2. The Morgan fingerprint density at radius 1 is 1.20 bits per heavy atom. The summed E-state index contributed by atoms with van der Waals surface area (Å²) in [4.78, 5) is 17.6. The molecule has 3 heterocycles. The lowest BCUT2D eigenvalue weighted by molar-refractivity contribution is 0.0943. The van der Waals surface area contributed by atoms with Gasteiger partial charge in [0.05, 0.1) is 32.6 Å². The van der Waals surface area contributed by atoms with Gasteiger partial charge in [0.25, 0.3) is 5.91 Å². The van der Waals surface area contributed by atoms with Crippen LogP contribution in [0.25, 0.3) is 38.2 Å². The average molecular weight is 572 g/mol. The summed E-state index contributed by atoms with van der Waals surface area (Å²) in [7, 11) is 3.47. The molecule has 0 atom stereocenters. The third-order valence-corrected chi connectivity index (χ3v) is 7.84. The van der Waals surface area contributed by atoms with Crippen LogP contribution in [0.4, 0.5) is 11.5 Å². The van der Waals surface area contributed by atoms with Crippen molar-refractivity contribution < 1.29 is 19.4 Å². The van der Waals surface area contributed by atoms with Crippen molar-refractivity contribution in [1.82, 2.24) is 14.9 Å². The van der Waals surface area contributed by atoms with Gasteiger partial charge in [-0.3, -0.25) is 4.79 Å². The van der Waals surface area contributed by atoms with Gasteiger partial charge in [-0.2, -0.15) is 0 Å². The van der Waals surface area contributed by atoms with Gasteiger partial charge in [-0.15, -0.1) is 11.3 Å². The Bertz CT molecular complexity index is 1710. The van der Waals surface area contributed by atoms with Gasteiger partial charge in [-0.25, -0.2) is 4.98 Å². The summed E-state index contributed by atoms with van der Waals surface area (Å²) in [6, 6.07) is 15.5. The molecule has 3 aromatic heterocycles. The number of nitrogens with two attached hydrogens (primary N) is 1. The molecule has 0 saturated carbocycles. The Balaban J connectivity index is 1.35. The maximum Gasteiger partial charge on any atom is 0.272 e.